The lowest BCUT2D eigenvalue weighted by atomic mass is 9.93. The van der Waals surface area contributed by atoms with Gasteiger partial charge in [-0.2, -0.15) is 0 Å². The summed E-state index contributed by atoms with van der Waals surface area (Å²) in [5, 5.41) is 3.47. The molecule has 2 rings (SSSR count). The maximum absolute atomic E-state index is 4.52. The van der Waals surface area contributed by atoms with Crippen molar-refractivity contribution in [3.05, 3.63) is 18.0 Å². The summed E-state index contributed by atoms with van der Waals surface area (Å²) < 4.78 is 0. The van der Waals surface area contributed by atoms with Crippen molar-refractivity contribution < 1.29 is 0 Å². The molecule has 1 saturated heterocycles. The van der Waals surface area contributed by atoms with Crippen LogP contribution in [0.5, 0.6) is 0 Å². The van der Waals surface area contributed by atoms with Gasteiger partial charge < -0.3 is 10.2 Å². The molecule has 1 N–H and O–H groups in total. The summed E-state index contributed by atoms with van der Waals surface area (Å²) in [6.07, 6.45) is 3.91. The van der Waals surface area contributed by atoms with E-state index in [-0.39, 0.29) is 5.41 Å². The average molecular weight is 248 g/mol. The van der Waals surface area contributed by atoms with Gasteiger partial charge in [-0.1, -0.05) is 27.7 Å². The Morgan fingerprint density at radius 3 is 2.56 bits per heavy atom. The molecule has 0 saturated carbocycles. The highest BCUT2D eigenvalue weighted by atomic mass is 15.3. The summed E-state index contributed by atoms with van der Waals surface area (Å²) in [6, 6.07) is 0. The van der Waals surface area contributed by atoms with Gasteiger partial charge in [0.25, 0.3) is 0 Å². The molecule has 1 aromatic heterocycles. The van der Waals surface area contributed by atoms with Gasteiger partial charge in [-0.15, -0.1) is 0 Å². The van der Waals surface area contributed by atoms with Gasteiger partial charge in [0.2, 0.25) is 5.95 Å². The van der Waals surface area contributed by atoms with Crippen molar-refractivity contribution in [1.82, 2.24) is 15.3 Å². The fourth-order valence-corrected chi connectivity index (χ4v) is 2.26. The molecule has 0 bridgehead atoms. The van der Waals surface area contributed by atoms with Gasteiger partial charge in [-0.3, -0.25) is 0 Å². The number of anilines is 1. The van der Waals surface area contributed by atoms with Crippen LogP contribution in [0.3, 0.4) is 0 Å². The summed E-state index contributed by atoms with van der Waals surface area (Å²) in [5.41, 5.74) is 1.46. The van der Waals surface area contributed by atoms with E-state index in [1.54, 1.807) is 0 Å². The smallest absolute Gasteiger partial charge is 0.225 e. The SMILES string of the molecule is CC(C)c1cnc(N2CCNCC(C)(C)C2)nc1. The normalized spacial score (nSPS) is 19.9. The Hall–Kier alpha value is -1.16. The lowest BCUT2D eigenvalue weighted by Gasteiger charge is -2.29. The van der Waals surface area contributed by atoms with Crippen LogP contribution in [0.15, 0.2) is 12.4 Å². The molecule has 0 atom stereocenters. The van der Waals surface area contributed by atoms with Gasteiger partial charge in [0.05, 0.1) is 0 Å². The highest BCUT2D eigenvalue weighted by Crippen LogP contribution is 2.21. The molecule has 4 heteroatoms. The molecule has 0 aliphatic carbocycles. The molecular weight excluding hydrogens is 224 g/mol. The largest absolute Gasteiger partial charge is 0.339 e. The summed E-state index contributed by atoms with van der Waals surface area (Å²) in [6.45, 7) is 12.9. The minimum absolute atomic E-state index is 0.260. The van der Waals surface area contributed by atoms with Crippen molar-refractivity contribution in [2.45, 2.75) is 33.6 Å². The second-order valence-corrected chi connectivity index (χ2v) is 6.23. The Morgan fingerprint density at radius 2 is 1.94 bits per heavy atom. The highest BCUT2D eigenvalue weighted by molar-refractivity contribution is 5.31. The van der Waals surface area contributed by atoms with E-state index in [2.05, 4.69) is 47.9 Å². The maximum Gasteiger partial charge on any atom is 0.225 e. The lowest BCUT2D eigenvalue weighted by Crippen LogP contribution is -2.36. The minimum Gasteiger partial charge on any atom is -0.339 e. The van der Waals surface area contributed by atoms with E-state index in [4.69, 9.17) is 0 Å². The maximum atomic E-state index is 4.52. The third-order valence-electron chi connectivity index (χ3n) is 3.39. The first-order valence-corrected chi connectivity index (χ1v) is 6.75. The second-order valence-electron chi connectivity index (χ2n) is 6.23. The van der Waals surface area contributed by atoms with Crippen LogP contribution in [0.25, 0.3) is 0 Å². The molecule has 0 radical (unpaired) electrons. The first kappa shape index (κ1) is 13.3. The molecule has 1 aliphatic heterocycles. The predicted octanol–water partition coefficient (Wildman–Crippen LogP) is 2.04. The monoisotopic (exact) mass is 248 g/mol. The fourth-order valence-electron chi connectivity index (χ4n) is 2.26. The van der Waals surface area contributed by atoms with Crippen LogP contribution in [-0.4, -0.2) is 36.1 Å². The van der Waals surface area contributed by atoms with Crippen LogP contribution in [0.1, 0.15) is 39.2 Å². The zero-order chi connectivity index (χ0) is 13.2. The average Bonchev–Trinajstić information content (AvgIpc) is 2.50. The predicted molar refractivity (Wildman–Crippen MR) is 75.0 cm³/mol. The first-order chi connectivity index (χ1) is 8.48. The van der Waals surface area contributed by atoms with Crippen LogP contribution >= 0.6 is 0 Å². The summed E-state index contributed by atoms with van der Waals surface area (Å²) >= 11 is 0. The molecule has 1 aliphatic rings. The molecule has 0 unspecified atom stereocenters. The van der Waals surface area contributed by atoms with Crippen molar-refractivity contribution in [2.24, 2.45) is 5.41 Å². The van der Waals surface area contributed by atoms with Gasteiger partial charge in [-0.25, -0.2) is 9.97 Å². The number of nitrogens with zero attached hydrogens (tertiary/aromatic N) is 3. The first-order valence-electron chi connectivity index (χ1n) is 6.75. The lowest BCUT2D eigenvalue weighted by molar-refractivity contribution is 0.369. The molecule has 1 aromatic rings. The number of hydrogen-bond donors (Lipinski definition) is 1. The number of nitrogens with one attached hydrogen (secondary N) is 1. The van der Waals surface area contributed by atoms with E-state index in [0.717, 1.165) is 32.1 Å². The van der Waals surface area contributed by atoms with Crippen LogP contribution in [0.4, 0.5) is 5.95 Å². The summed E-state index contributed by atoms with van der Waals surface area (Å²) in [5.74, 6) is 1.34. The molecule has 0 spiro atoms. The third kappa shape index (κ3) is 3.19. The molecule has 0 amide bonds. The van der Waals surface area contributed by atoms with E-state index in [0.29, 0.717) is 5.92 Å². The van der Waals surface area contributed by atoms with Gasteiger partial charge >= 0.3 is 0 Å². The van der Waals surface area contributed by atoms with Crippen molar-refractivity contribution in [3.63, 3.8) is 0 Å². The third-order valence-corrected chi connectivity index (χ3v) is 3.39. The van der Waals surface area contributed by atoms with Gasteiger partial charge in [0, 0.05) is 38.6 Å². The zero-order valence-electron chi connectivity index (χ0n) is 11.9. The molecule has 2 heterocycles. The van der Waals surface area contributed by atoms with E-state index in [1.807, 2.05) is 12.4 Å². The van der Waals surface area contributed by atoms with E-state index in [1.165, 1.54) is 5.56 Å². The molecule has 18 heavy (non-hydrogen) atoms. The summed E-state index contributed by atoms with van der Waals surface area (Å²) in [7, 11) is 0. The topological polar surface area (TPSA) is 41.1 Å². The Morgan fingerprint density at radius 1 is 1.28 bits per heavy atom. The van der Waals surface area contributed by atoms with Crippen LogP contribution in [0, 0.1) is 5.41 Å². The fraction of sp³-hybridized carbons (Fsp3) is 0.714. The van der Waals surface area contributed by atoms with E-state index < -0.39 is 0 Å². The molecule has 0 aromatic carbocycles. The van der Waals surface area contributed by atoms with E-state index in [9.17, 15) is 0 Å². The zero-order valence-corrected chi connectivity index (χ0v) is 11.9. The van der Waals surface area contributed by atoms with Gasteiger partial charge in [-0.05, 0) is 16.9 Å². The highest BCUT2D eigenvalue weighted by Gasteiger charge is 2.25. The summed E-state index contributed by atoms with van der Waals surface area (Å²) in [4.78, 5) is 11.3. The molecule has 4 nitrogen and oxygen atoms in total. The minimum atomic E-state index is 0.260. The van der Waals surface area contributed by atoms with Crippen molar-refractivity contribution in [3.8, 4) is 0 Å². The van der Waals surface area contributed by atoms with Crippen molar-refractivity contribution >= 4 is 5.95 Å². The second kappa shape index (κ2) is 5.22. The van der Waals surface area contributed by atoms with Gasteiger partial charge in [0.1, 0.15) is 0 Å². The van der Waals surface area contributed by atoms with Crippen LogP contribution in [-0.2, 0) is 0 Å². The van der Waals surface area contributed by atoms with Crippen LogP contribution in [0.2, 0.25) is 0 Å². The number of hydrogen-bond acceptors (Lipinski definition) is 4. The Bertz CT molecular complexity index is 383. The van der Waals surface area contributed by atoms with Gasteiger partial charge in [0.15, 0.2) is 0 Å². The standard InChI is InChI=1S/C14H24N4/c1-11(2)12-7-16-13(17-8-12)18-6-5-15-9-14(3,4)10-18/h7-8,11,15H,5-6,9-10H2,1-4H3. The Kier molecular flexibility index (Phi) is 3.85. The van der Waals surface area contributed by atoms with Crippen molar-refractivity contribution in [2.75, 3.05) is 31.1 Å². The molecule has 1 fully saturated rings. The quantitative estimate of drug-likeness (QED) is 0.869. The molecule has 100 valence electrons. The number of rotatable bonds is 2. The molecular formula is C14H24N4. The van der Waals surface area contributed by atoms with Crippen molar-refractivity contribution in [1.29, 1.82) is 0 Å². The Labute approximate surface area is 110 Å². The Balaban J connectivity index is 2.14. The number of aromatic nitrogens is 2. The van der Waals surface area contributed by atoms with E-state index >= 15 is 0 Å². The van der Waals surface area contributed by atoms with Crippen LogP contribution < -0.4 is 10.2 Å².